The molecule has 1 N–H and O–H groups in total. The molecule has 0 saturated carbocycles. The summed E-state index contributed by atoms with van der Waals surface area (Å²) in [6.45, 7) is 3.61. The molecule has 2 nitrogen and oxygen atoms in total. The Morgan fingerprint density at radius 3 is 2.59 bits per heavy atom. The van der Waals surface area contributed by atoms with E-state index in [-0.39, 0.29) is 6.42 Å². The fourth-order valence-electron chi connectivity index (χ4n) is 1.71. The number of hydrogen-bond donors (Lipinski definition) is 1. The molecule has 0 atom stereocenters. The first-order valence-corrected chi connectivity index (χ1v) is 5.46. The van der Waals surface area contributed by atoms with E-state index in [0.717, 1.165) is 18.2 Å². The van der Waals surface area contributed by atoms with Crippen molar-refractivity contribution in [3.05, 3.63) is 35.4 Å². The second-order valence-electron chi connectivity index (χ2n) is 4.97. The van der Waals surface area contributed by atoms with Crippen molar-refractivity contribution in [1.82, 2.24) is 0 Å². The maximum atomic E-state index is 13.3. The van der Waals surface area contributed by atoms with Gasteiger partial charge in [0.25, 0.3) is 0 Å². The van der Waals surface area contributed by atoms with E-state index in [1.165, 1.54) is 0 Å². The predicted octanol–water partition coefficient (Wildman–Crippen LogP) is 3.40. The van der Waals surface area contributed by atoms with Crippen LogP contribution in [0.1, 0.15) is 32.3 Å². The van der Waals surface area contributed by atoms with Crippen LogP contribution in [0.4, 0.5) is 8.78 Å². The Bertz CT molecular complexity index is 414. The van der Waals surface area contributed by atoms with E-state index in [1.54, 1.807) is 13.8 Å². The zero-order valence-electron chi connectivity index (χ0n) is 9.96. The molecule has 1 rings (SSSR count). The molecule has 1 aromatic carbocycles. The van der Waals surface area contributed by atoms with Gasteiger partial charge < -0.3 is 5.11 Å². The van der Waals surface area contributed by atoms with Gasteiger partial charge in [-0.05, 0) is 42.0 Å². The van der Waals surface area contributed by atoms with E-state index in [0.29, 0.717) is 18.4 Å². The van der Waals surface area contributed by atoms with Crippen molar-refractivity contribution in [2.75, 3.05) is 0 Å². The average Bonchev–Trinajstić information content (AvgIpc) is 2.17. The van der Waals surface area contributed by atoms with Crippen LogP contribution in [0.15, 0.2) is 18.2 Å². The minimum atomic E-state index is -0.880. The average molecular weight is 242 g/mol. The SMILES string of the molecule is CC(C)(CCc1cc(F)ccc1F)CC(=O)O. The molecule has 1 aromatic rings. The third-order valence-corrected chi connectivity index (χ3v) is 2.71. The van der Waals surface area contributed by atoms with Crippen LogP contribution < -0.4 is 0 Å². The smallest absolute Gasteiger partial charge is 0.303 e. The summed E-state index contributed by atoms with van der Waals surface area (Å²) >= 11 is 0. The highest BCUT2D eigenvalue weighted by Crippen LogP contribution is 2.27. The molecule has 0 heterocycles. The molecule has 0 amide bonds. The van der Waals surface area contributed by atoms with Crippen molar-refractivity contribution in [3.63, 3.8) is 0 Å². The molecule has 0 fully saturated rings. The lowest BCUT2D eigenvalue weighted by atomic mass is 9.83. The Balaban J connectivity index is 2.66. The Morgan fingerprint density at radius 1 is 1.35 bits per heavy atom. The second-order valence-corrected chi connectivity index (χ2v) is 4.97. The summed E-state index contributed by atoms with van der Waals surface area (Å²) in [5.41, 5.74) is -0.131. The van der Waals surface area contributed by atoms with Gasteiger partial charge in [-0.2, -0.15) is 0 Å². The summed E-state index contributed by atoms with van der Waals surface area (Å²) in [4.78, 5) is 10.6. The van der Waals surface area contributed by atoms with Gasteiger partial charge in [-0.25, -0.2) is 8.78 Å². The van der Waals surface area contributed by atoms with Crippen LogP contribution in [0.2, 0.25) is 0 Å². The summed E-state index contributed by atoms with van der Waals surface area (Å²) in [6.07, 6.45) is 0.855. The number of carboxylic acids is 1. The molecular weight excluding hydrogens is 226 g/mol. The number of carboxylic acid groups (broad SMARTS) is 1. The van der Waals surface area contributed by atoms with Gasteiger partial charge in [0.2, 0.25) is 0 Å². The van der Waals surface area contributed by atoms with E-state index < -0.39 is 23.0 Å². The first-order chi connectivity index (χ1) is 7.80. The van der Waals surface area contributed by atoms with Gasteiger partial charge in [-0.15, -0.1) is 0 Å². The zero-order valence-corrected chi connectivity index (χ0v) is 9.96. The van der Waals surface area contributed by atoms with E-state index in [9.17, 15) is 13.6 Å². The second kappa shape index (κ2) is 5.25. The zero-order chi connectivity index (χ0) is 13.1. The summed E-state index contributed by atoms with van der Waals surface area (Å²) in [7, 11) is 0. The molecule has 0 radical (unpaired) electrons. The molecule has 0 aliphatic rings. The van der Waals surface area contributed by atoms with Crippen LogP contribution in [0.3, 0.4) is 0 Å². The molecule has 0 bridgehead atoms. The maximum absolute atomic E-state index is 13.3. The highest BCUT2D eigenvalue weighted by Gasteiger charge is 2.22. The van der Waals surface area contributed by atoms with Gasteiger partial charge in [0, 0.05) is 0 Å². The standard InChI is InChI=1S/C13H16F2O2/c1-13(2,8-12(16)17)6-5-9-7-10(14)3-4-11(9)15/h3-4,7H,5-6,8H2,1-2H3,(H,16,17). The van der Waals surface area contributed by atoms with Crippen LogP contribution in [0.25, 0.3) is 0 Å². The Kier molecular flexibility index (Phi) is 4.21. The third kappa shape index (κ3) is 4.51. The monoisotopic (exact) mass is 242 g/mol. The fraction of sp³-hybridized carbons (Fsp3) is 0.462. The minimum absolute atomic E-state index is 0.0178. The van der Waals surface area contributed by atoms with Crippen LogP contribution in [-0.4, -0.2) is 11.1 Å². The van der Waals surface area contributed by atoms with Crippen LogP contribution >= 0.6 is 0 Å². The Labute approximate surface area is 99.3 Å². The molecule has 0 aromatic heterocycles. The number of rotatable bonds is 5. The van der Waals surface area contributed by atoms with Gasteiger partial charge in [0.15, 0.2) is 0 Å². The van der Waals surface area contributed by atoms with Crippen LogP contribution in [0, 0.1) is 17.0 Å². The predicted molar refractivity (Wildman–Crippen MR) is 60.7 cm³/mol. The quantitative estimate of drug-likeness (QED) is 0.859. The number of benzene rings is 1. The first-order valence-electron chi connectivity index (χ1n) is 5.46. The van der Waals surface area contributed by atoms with Crippen molar-refractivity contribution in [2.24, 2.45) is 5.41 Å². The van der Waals surface area contributed by atoms with Crippen molar-refractivity contribution in [1.29, 1.82) is 0 Å². The van der Waals surface area contributed by atoms with Crippen molar-refractivity contribution < 1.29 is 18.7 Å². The summed E-state index contributed by atoms with van der Waals surface area (Å²) in [5.74, 6) is -1.80. The Hall–Kier alpha value is -1.45. The molecule has 0 aliphatic carbocycles. The molecule has 0 saturated heterocycles. The van der Waals surface area contributed by atoms with Gasteiger partial charge in [0.05, 0.1) is 6.42 Å². The van der Waals surface area contributed by atoms with Gasteiger partial charge in [0.1, 0.15) is 11.6 Å². The normalized spacial score (nSPS) is 11.5. The van der Waals surface area contributed by atoms with E-state index >= 15 is 0 Å². The highest BCUT2D eigenvalue weighted by molar-refractivity contribution is 5.67. The largest absolute Gasteiger partial charge is 0.481 e. The minimum Gasteiger partial charge on any atom is -0.481 e. The summed E-state index contributed by atoms with van der Waals surface area (Å²) in [5, 5.41) is 8.71. The summed E-state index contributed by atoms with van der Waals surface area (Å²) < 4.78 is 26.2. The number of carbonyl (C=O) groups is 1. The number of halogens is 2. The summed E-state index contributed by atoms with van der Waals surface area (Å²) in [6, 6.07) is 3.32. The lowest BCUT2D eigenvalue weighted by molar-refractivity contribution is -0.139. The lowest BCUT2D eigenvalue weighted by Gasteiger charge is -2.22. The molecule has 94 valence electrons. The maximum Gasteiger partial charge on any atom is 0.303 e. The molecule has 4 heteroatoms. The highest BCUT2D eigenvalue weighted by atomic mass is 19.1. The van der Waals surface area contributed by atoms with E-state index in [1.807, 2.05) is 0 Å². The number of aliphatic carboxylic acids is 1. The van der Waals surface area contributed by atoms with Crippen LogP contribution in [0.5, 0.6) is 0 Å². The van der Waals surface area contributed by atoms with Gasteiger partial charge in [-0.3, -0.25) is 4.79 Å². The topological polar surface area (TPSA) is 37.3 Å². The first kappa shape index (κ1) is 13.6. The molecule has 0 unspecified atom stereocenters. The third-order valence-electron chi connectivity index (χ3n) is 2.71. The van der Waals surface area contributed by atoms with Crippen molar-refractivity contribution >= 4 is 5.97 Å². The lowest BCUT2D eigenvalue weighted by Crippen LogP contribution is -2.17. The fourth-order valence-corrected chi connectivity index (χ4v) is 1.71. The molecule has 0 aliphatic heterocycles. The van der Waals surface area contributed by atoms with Gasteiger partial charge in [-0.1, -0.05) is 13.8 Å². The van der Waals surface area contributed by atoms with E-state index in [2.05, 4.69) is 0 Å². The number of hydrogen-bond acceptors (Lipinski definition) is 1. The number of aryl methyl sites for hydroxylation is 1. The molecule has 0 spiro atoms. The van der Waals surface area contributed by atoms with Crippen molar-refractivity contribution in [3.8, 4) is 0 Å². The van der Waals surface area contributed by atoms with Crippen LogP contribution in [-0.2, 0) is 11.2 Å². The molecular formula is C13H16F2O2. The molecule has 17 heavy (non-hydrogen) atoms. The van der Waals surface area contributed by atoms with Crippen molar-refractivity contribution in [2.45, 2.75) is 33.1 Å². The van der Waals surface area contributed by atoms with E-state index in [4.69, 9.17) is 5.11 Å². The van der Waals surface area contributed by atoms with Gasteiger partial charge >= 0.3 is 5.97 Å². The Morgan fingerprint density at radius 2 is 2.00 bits per heavy atom.